The molecule has 6 heteroatoms. The molecule has 1 unspecified atom stereocenters. The molecular weight excluding hydrogens is 228 g/mol. The maximum absolute atomic E-state index is 5.58. The molecule has 0 fully saturated rings. The first-order valence-corrected chi connectivity index (χ1v) is 5.98. The normalized spacial score (nSPS) is 12.6. The van der Waals surface area contributed by atoms with E-state index in [4.69, 9.17) is 5.84 Å². The van der Waals surface area contributed by atoms with Crippen molar-refractivity contribution >= 4 is 0 Å². The lowest BCUT2D eigenvalue weighted by atomic mass is 10.1. The van der Waals surface area contributed by atoms with Crippen molar-refractivity contribution < 1.29 is 0 Å². The number of nitrogens with two attached hydrogens (primary N) is 1. The predicted molar refractivity (Wildman–Crippen MR) is 68.4 cm³/mol. The van der Waals surface area contributed by atoms with E-state index in [0.717, 1.165) is 30.8 Å². The Morgan fingerprint density at radius 2 is 2.28 bits per heavy atom. The summed E-state index contributed by atoms with van der Waals surface area (Å²) in [5.74, 6) is 6.51. The van der Waals surface area contributed by atoms with E-state index in [1.54, 1.807) is 11.0 Å². The molecule has 0 amide bonds. The summed E-state index contributed by atoms with van der Waals surface area (Å²) in [6.07, 6.45) is 5.94. The van der Waals surface area contributed by atoms with Gasteiger partial charge >= 0.3 is 0 Å². The van der Waals surface area contributed by atoms with Crippen molar-refractivity contribution in [2.24, 2.45) is 12.9 Å². The van der Waals surface area contributed by atoms with Gasteiger partial charge in [-0.3, -0.25) is 20.9 Å². The topological polar surface area (TPSA) is 81.7 Å². The Balaban J connectivity index is 1.88. The van der Waals surface area contributed by atoms with Gasteiger partial charge in [0.25, 0.3) is 0 Å². The van der Waals surface area contributed by atoms with Crippen LogP contribution in [0.5, 0.6) is 0 Å². The van der Waals surface area contributed by atoms with Crippen LogP contribution in [0.1, 0.15) is 17.9 Å². The molecule has 0 radical (unpaired) electrons. The monoisotopic (exact) mass is 246 g/mol. The van der Waals surface area contributed by atoms with E-state index >= 15 is 0 Å². The SMILES string of the molecule is Cn1ncnc1CC(CCc1ccccn1)NN. The van der Waals surface area contributed by atoms with Crippen molar-refractivity contribution in [3.8, 4) is 0 Å². The molecule has 0 saturated carbocycles. The number of aryl methyl sites for hydroxylation is 2. The Labute approximate surface area is 106 Å². The Kier molecular flexibility index (Phi) is 4.38. The van der Waals surface area contributed by atoms with Gasteiger partial charge in [-0.15, -0.1) is 0 Å². The van der Waals surface area contributed by atoms with Crippen LogP contribution >= 0.6 is 0 Å². The van der Waals surface area contributed by atoms with Gasteiger partial charge in [0.1, 0.15) is 12.2 Å². The van der Waals surface area contributed by atoms with E-state index in [9.17, 15) is 0 Å². The fourth-order valence-corrected chi connectivity index (χ4v) is 1.84. The molecule has 1 atom stereocenters. The fraction of sp³-hybridized carbons (Fsp3) is 0.417. The van der Waals surface area contributed by atoms with E-state index in [0.29, 0.717) is 0 Å². The summed E-state index contributed by atoms with van der Waals surface area (Å²) in [4.78, 5) is 8.50. The Morgan fingerprint density at radius 3 is 2.89 bits per heavy atom. The number of hydrogen-bond donors (Lipinski definition) is 2. The lowest BCUT2D eigenvalue weighted by Gasteiger charge is -2.14. The number of pyridine rings is 1. The zero-order valence-electron chi connectivity index (χ0n) is 10.5. The van der Waals surface area contributed by atoms with E-state index in [1.165, 1.54) is 0 Å². The number of rotatable bonds is 6. The van der Waals surface area contributed by atoms with Crippen molar-refractivity contribution in [3.63, 3.8) is 0 Å². The standard InChI is InChI=1S/C12H18N6/c1-18-12(15-9-16-18)8-11(17-13)6-5-10-4-2-3-7-14-10/h2-4,7,9,11,17H,5-6,8,13H2,1H3. The predicted octanol–water partition coefficient (Wildman–Crippen LogP) is 0.217. The lowest BCUT2D eigenvalue weighted by molar-refractivity contribution is 0.471. The Bertz CT molecular complexity index is 466. The average Bonchev–Trinajstić information content (AvgIpc) is 2.81. The maximum Gasteiger partial charge on any atom is 0.138 e. The van der Waals surface area contributed by atoms with E-state index in [2.05, 4.69) is 20.5 Å². The molecule has 3 N–H and O–H groups in total. The smallest absolute Gasteiger partial charge is 0.138 e. The van der Waals surface area contributed by atoms with E-state index in [-0.39, 0.29) is 6.04 Å². The second kappa shape index (κ2) is 6.23. The number of hydrogen-bond acceptors (Lipinski definition) is 5. The summed E-state index contributed by atoms with van der Waals surface area (Å²) in [6.45, 7) is 0. The second-order valence-corrected chi connectivity index (χ2v) is 4.23. The first kappa shape index (κ1) is 12.7. The molecule has 2 heterocycles. The van der Waals surface area contributed by atoms with Crippen molar-refractivity contribution in [1.82, 2.24) is 25.2 Å². The zero-order valence-corrected chi connectivity index (χ0v) is 10.5. The van der Waals surface area contributed by atoms with Crippen molar-refractivity contribution in [1.29, 1.82) is 0 Å². The van der Waals surface area contributed by atoms with Crippen molar-refractivity contribution in [2.75, 3.05) is 0 Å². The van der Waals surface area contributed by atoms with Crippen LogP contribution < -0.4 is 11.3 Å². The molecule has 0 aromatic carbocycles. The number of nitrogens with one attached hydrogen (secondary N) is 1. The van der Waals surface area contributed by atoms with Crippen LogP contribution in [0.3, 0.4) is 0 Å². The van der Waals surface area contributed by atoms with Crippen LogP contribution in [0.15, 0.2) is 30.7 Å². The highest BCUT2D eigenvalue weighted by Crippen LogP contribution is 2.06. The lowest BCUT2D eigenvalue weighted by Crippen LogP contribution is -2.37. The molecule has 0 saturated heterocycles. The van der Waals surface area contributed by atoms with E-state index < -0.39 is 0 Å². The summed E-state index contributed by atoms with van der Waals surface area (Å²) in [7, 11) is 1.88. The van der Waals surface area contributed by atoms with Gasteiger partial charge in [-0.2, -0.15) is 5.10 Å². The largest absolute Gasteiger partial charge is 0.271 e. The highest BCUT2D eigenvalue weighted by molar-refractivity contribution is 5.04. The first-order chi connectivity index (χ1) is 8.79. The molecule has 0 aliphatic carbocycles. The highest BCUT2D eigenvalue weighted by atomic mass is 15.3. The van der Waals surface area contributed by atoms with Crippen LogP contribution in [0.25, 0.3) is 0 Å². The minimum Gasteiger partial charge on any atom is -0.271 e. The third-order valence-electron chi connectivity index (χ3n) is 2.94. The van der Waals surface area contributed by atoms with Gasteiger partial charge in [0.15, 0.2) is 0 Å². The molecule has 2 aromatic heterocycles. The number of nitrogens with zero attached hydrogens (tertiary/aromatic N) is 4. The van der Waals surface area contributed by atoms with Gasteiger partial charge in [-0.05, 0) is 25.0 Å². The van der Waals surface area contributed by atoms with Crippen molar-refractivity contribution in [2.45, 2.75) is 25.3 Å². The van der Waals surface area contributed by atoms with Gasteiger partial charge in [0.05, 0.1) is 0 Å². The van der Waals surface area contributed by atoms with Crippen LogP contribution in [0.4, 0.5) is 0 Å². The summed E-state index contributed by atoms with van der Waals surface area (Å²) in [5, 5.41) is 4.05. The third-order valence-corrected chi connectivity index (χ3v) is 2.94. The molecule has 6 nitrogen and oxygen atoms in total. The minimum absolute atomic E-state index is 0.176. The van der Waals surface area contributed by atoms with Gasteiger partial charge in [0, 0.05) is 31.4 Å². The zero-order chi connectivity index (χ0) is 12.8. The number of aromatic nitrogens is 4. The average molecular weight is 246 g/mol. The van der Waals surface area contributed by atoms with Crippen LogP contribution in [0.2, 0.25) is 0 Å². The fourth-order valence-electron chi connectivity index (χ4n) is 1.84. The molecule has 2 rings (SSSR count). The minimum atomic E-state index is 0.176. The molecule has 0 aliphatic heterocycles. The summed E-state index contributed by atoms with van der Waals surface area (Å²) < 4.78 is 1.77. The highest BCUT2D eigenvalue weighted by Gasteiger charge is 2.11. The molecule has 0 aliphatic rings. The van der Waals surface area contributed by atoms with Gasteiger partial charge < -0.3 is 0 Å². The van der Waals surface area contributed by atoms with Gasteiger partial charge in [-0.25, -0.2) is 4.98 Å². The number of hydrazine groups is 1. The quantitative estimate of drug-likeness (QED) is 0.563. The second-order valence-electron chi connectivity index (χ2n) is 4.23. The van der Waals surface area contributed by atoms with Crippen LogP contribution in [-0.2, 0) is 19.9 Å². The first-order valence-electron chi connectivity index (χ1n) is 5.98. The summed E-state index contributed by atoms with van der Waals surface area (Å²) in [6, 6.07) is 6.11. The van der Waals surface area contributed by atoms with Crippen LogP contribution in [0, 0.1) is 0 Å². The molecule has 0 spiro atoms. The molecule has 2 aromatic rings. The summed E-state index contributed by atoms with van der Waals surface area (Å²) >= 11 is 0. The van der Waals surface area contributed by atoms with E-state index in [1.807, 2.05) is 31.4 Å². The molecule has 96 valence electrons. The van der Waals surface area contributed by atoms with Crippen molar-refractivity contribution in [3.05, 3.63) is 42.2 Å². The molecular formula is C12H18N6. The Hall–Kier alpha value is -1.79. The molecule has 0 bridgehead atoms. The maximum atomic E-state index is 5.58. The molecule has 18 heavy (non-hydrogen) atoms. The van der Waals surface area contributed by atoms with Gasteiger partial charge in [-0.1, -0.05) is 6.07 Å². The summed E-state index contributed by atoms with van der Waals surface area (Å²) in [5.41, 5.74) is 3.91. The Morgan fingerprint density at radius 1 is 1.39 bits per heavy atom. The van der Waals surface area contributed by atoms with Crippen LogP contribution in [-0.4, -0.2) is 25.8 Å². The third kappa shape index (κ3) is 3.35. The van der Waals surface area contributed by atoms with Gasteiger partial charge in [0.2, 0.25) is 0 Å².